The summed E-state index contributed by atoms with van der Waals surface area (Å²) in [6.07, 6.45) is 13.0. The van der Waals surface area contributed by atoms with Gasteiger partial charge >= 0.3 is 0 Å². The van der Waals surface area contributed by atoms with Crippen molar-refractivity contribution >= 4 is 5.78 Å². The van der Waals surface area contributed by atoms with Crippen LogP contribution in [0.1, 0.15) is 105 Å². The summed E-state index contributed by atoms with van der Waals surface area (Å²) in [5, 5.41) is 10.7. The summed E-state index contributed by atoms with van der Waals surface area (Å²) in [6, 6.07) is 16.8. The van der Waals surface area contributed by atoms with Gasteiger partial charge in [0.25, 0.3) is 0 Å². The first kappa shape index (κ1) is 22.4. The number of ketones is 1. The zero-order valence-corrected chi connectivity index (χ0v) is 17.4. The molecule has 2 rings (SSSR count). The van der Waals surface area contributed by atoms with Crippen LogP contribution in [0.2, 0.25) is 0 Å². The highest BCUT2D eigenvalue weighted by Crippen LogP contribution is 2.25. The Morgan fingerprint density at radius 2 is 1.29 bits per heavy atom. The lowest BCUT2D eigenvalue weighted by Gasteiger charge is -2.15. The van der Waals surface area contributed by atoms with E-state index in [1.807, 2.05) is 54.6 Å². The van der Waals surface area contributed by atoms with Gasteiger partial charge in [-0.25, -0.2) is 0 Å². The predicted octanol–water partition coefficient (Wildman–Crippen LogP) is 7.26. The molecule has 1 N–H and O–H groups in total. The molecule has 2 nitrogen and oxygen atoms in total. The molecule has 0 fully saturated rings. The lowest BCUT2D eigenvalue weighted by Crippen LogP contribution is -2.09. The van der Waals surface area contributed by atoms with Crippen molar-refractivity contribution in [3.63, 3.8) is 0 Å². The first-order chi connectivity index (χ1) is 13.7. The quantitative estimate of drug-likeness (QED) is 0.276. The Bertz CT molecular complexity index is 678. The van der Waals surface area contributed by atoms with Crippen LogP contribution in [-0.4, -0.2) is 10.9 Å². The maximum absolute atomic E-state index is 12.8. The van der Waals surface area contributed by atoms with E-state index in [0.29, 0.717) is 11.1 Å². The van der Waals surface area contributed by atoms with Gasteiger partial charge in [0.2, 0.25) is 0 Å². The third-order valence-corrected chi connectivity index (χ3v) is 5.43. The standard InChI is InChI=1S/C26H36O2/c1-2-3-4-5-6-7-8-9-10-14-21-25(27)23-19-15-16-20-24(23)26(28)22-17-12-11-13-18-22/h11-13,15-20,25,27H,2-10,14,21H2,1H3. The minimum atomic E-state index is -0.571. The molecule has 2 heteroatoms. The van der Waals surface area contributed by atoms with Gasteiger partial charge in [0, 0.05) is 11.1 Å². The lowest BCUT2D eigenvalue weighted by molar-refractivity contribution is 0.102. The van der Waals surface area contributed by atoms with Crippen LogP contribution in [0.25, 0.3) is 0 Å². The molecule has 0 aliphatic heterocycles. The first-order valence-electron chi connectivity index (χ1n) is 11.1. The topological polar surface area (TPSA) is 37.3 Å². The Hall–Kier alpha value is -1.93. The monoisotopic (exact) mass is 380 g/mol. The Balaban J connectivity index is 1.74. The molecule has 0 bridgehead atoms. The van der Waals surface area contributed by atoms with E-state index in [-0.39, 0.29) is 5.78 Å². The molecule has 0 heterocycles. The highest BCUT2D eigenvalue weighted by molar-refractivity contribution is 6.09. The number of benzene rings is 2. The molecule has 0 amide bonds. The van der Waals surface area contributed by atoms with Crippen molar-refractivity contribution in [1.29, 1.82) is 0 Å². The molecule has 0 aliphatic carbocycles. The normalized spacial score (nSPS) is 12.1. The summed E-state index contributed by atoms with van der Waals surface area (Å²) in [5.74, 6) is -0.0154. The van der Waals surface area contributed by atoms with E-state index < -0.39 is 6.10 Å². The van der Waals surface area contributed by atoms with E-state index >= 15 is 0 Å². The number of unbranched alkanes of at least 4 members (excludes halogenated alkanes) is 9. The van der Waals surface area contributed by atoms with Gasteiger partial charge in [-0.15, -0.1) is 0 Å². The van der Waals surface area contributed by atoms with Gasteiger partial charge in [0.1, 0.15) is 0 Å². The van der Waals surface area contributed by atoms with Crippen LogP contribution in [0, 0.1) is 0 Å². The zero-order chi connectivity index (χ0) is 20.0. The van der Waals surface area contributed by atoms with Crippen LogP contribution >= 0.6 is 0 Å². The van der Waals surface area contributed by atoms with E-state index in [9.17, 15) is 9.90 Å². The average Bonchev–Trinajstić information content (AvgIpc) is 2.75. The molecular formula is C26H36O2. The van der Waals surface area contributed by atoms with Crippen LogP contribution < -0.4 is 0 Å². The van der Waals surface area contributed by atoms with E-state index in [0.717, 1.165) is 24.8 Å². The fourth-order valence-corrected chi connectivity index (χ4v) is 3.72. The largest absolute Gasteiger partial charge is 0.388 e. The predicted molar refractivity (Wildman–Crippen MR) is 118 cm³/mol. The SMILES string of the molecule is CCCCCCCCCCCCC(O)c1ccccc1C(=O)c1ccccc1. The summed E-state index contributed by atoms with van der Waals surface area (Å²) in [4.78, 5) is 12.8. The number of aliphatic hydroxyl groups excluding tert-OH is 1. The lowest BCUT2D eigenvalue weighted by atomic mass is 9.93. The highest BCUT2D eigenvalue weighted by atomic mass is 16.3. The van der Waals surface area contributed by atoms with E-state index in [4.69, 9.17) is 0 Å². The number of aliphatic hydroxyl groups is 1. The Kier molecular flexibility index (Phi) is 10.6. The molecule has 0 saturated heterocycles. The van der Waals surface area contributed by atoms with Crippen molar-refractivity contribution in [2.75, 3.05) is 0 Å². The Labute approximate surface area is 171 Å². The number of hydrogen-bond acceptors (Lipinski definition) is 2. The Morgan fingerprint density at radius 1 is 0.750 bits per heavy atom. The second-order valence-electron chi connectivity index (χ2n) is 7.77. The molecule has 1 atom stereocenters. The van der Waals surface area contributed by atoms with Crippen LogP contribution in [0.3, 0.4) is 0 Å². The number of hydrogen-bond donors (Lipinski definition) is 1. The molecule has 0 saturated carbocycles. The van der Waals surface area contributed by atoms with Gasteiger partial charge in [-0.2, -0.15) is 0 Å². The van der Waals surface area contributed by atoms with Crippen molar-refractivity contribution in [2.45, 2.75) is 83.7 Å². The molecule has 0 aromatic heterocycles. The van der Waals surface area contributed by atoms with Gasteiger partial charge < -0.3 is 5.11 Å². The Morgan fingerprint density at radius 3 is 1.93 bits per heavy atom. The molecule has 152 valence electrons. The van der Waals surface area contributed by atoms with Crippen molar-refractivity contribution in [2.24, 2.45) is 0 Å². The molecule has 2 aromatic carbocycles. The van der Waals surface area contributed by atoms with Crippen LogP contribution in [0.5, 0.6) is 0 Å². The molecule has 0 radical (unpaired) electrons. The van der Waals surface area contributed by atoms with Crippen LogP contribution in [0.4, 0.5) is 0 Å². The van der Waals surface area contributed by atoms with Crippen molar-refractivity contribution in [3.8, 4) is 0 Å². The summed E-state index contributed by atoms with van der Waals surface area (Å²) in [7, 11) is 0. The second-order valence-corrected chi connectivity index (χ2v) is 7.77. The minimum absolute atomic E-state index is 0.0154. The van der Waals surface area contributed by atoms with Crippen molar-refractivity contribution < 1.29 is 9.90 Å². The molecule has 2 aromatic rings. The third kappa shape index (κ3) is 7.59. The highest BCUT2D eigenvalue weighted by Gasteiger charge is 2.17. The maximum atomic E-state index is 12.8. The van der Waals surface area contributed by atoms with Gasteiger partial charge in [-0.3, -0.25) is 4.79 Å². The van der Waals surface area contributed by atoms with E-state index in [1.165, 1.54) is 51.4 Å². The fourth-order valence-electron chi connectivity index (χ4n) is 3.72. The van der Waals surface area contributed by atoms with Crippen molar-refractivity contribution in [3.05, 3.63) is 71.3 Å². The summed E-state index contributed by atoms with van der Waals surface area (Å²) in [5.41, 5.74) is 2.04. The minimum Gasteiger partial charge on any atom is -0.388 e. The molecular weight excluding hydrogens is 344 g/mol. The summed E-state index contributed by atoms with van der Waals surface area (Å²) < 4.78 is 0. The van der Waals surface area contributed by atoms with Gasteiger partial charge in [0.05, 0.1) is 6.10 Å². The van der Waals surface area contributed by atoms with Gasteiger partial charge in [0.15, 0.2) is 5.78 Å². The van der Waals surface area contributed by atoms with Gasteiger partial charge in [-0.05, 0) is 12.0 Å². The van der Waals surface area contributed by atoms with Crippen LogP contribution in [-0.2, 0) is 0 Å². The molecule has 28 heavy (non-hydrogen) atoms. The number of carbonyl (C=O) groups excluding carboxylic acids is 1. The molecule has 1 unspecified atom stereocenters. The smallest absolute Gasteiger partial charge is 0.193 e. The van der Waals surface area contributed by atoms with E-state index in [1.54, 1.807) is 0 Å². The molecule has 0 aliphatic rings. The van der Waals surface area contributed by atoms with Gasteiger partial charge in [-0.1, -0.05) is 126 Å². The fraction of sp³-hybridized carbons (Fsp3) is 0.500. The maximum Gasteiger partial charge on any atom is 0.193 e. The second kappa shape index (κ2) is 13.3. The molecule has 0 spiro atoms. The average molecular weight is 381 g/mol. The van der Waals surface area contributed by atoms with E-state index in [2.05, 4.69) is 6.92 Å². The van der Waals surface area contributed by atoms with Crippen molar-refractivity contribution in [1.82, 2.24) is 0 Å². The van der Waals surface area contributed by atoms with Crippen LogP contribution in [0.15, 0.2) is 54.6 Å². The third-order valence-electron chi connectivity index (χ3n) is 5.43. The summed E-state index contributed by atoms with van der Waals surface area (Å²) >= 11 is 0. The number of rotatable bonds is 14. The number of carbonyl (C=O) groups is 1. The first-order valence-corrected chi connectivity index (χ1v) is 11.1. The summed E-state index contributed by atoms with van der Waals surface area (Å²) in [6.45, 7) is 2.25. The zero-order valence-electron chi connectivity index (χ0n) is 17.4.